The third kappa shape index (κ3) is 4.98. The number of fused-ring (bicyclic) bond motifs is 1. The van der Waals surface area contributed by atoms with Gasteiger partial charge in [0.15, 0.2) is 9.84 Å². The van der Waals surface area contributed by atoms with Crippen LogP contribution in [0.4, 0.5) is 17.1 Å². The number of rotatable bonds is 6. The van der Waals surface area contributed by atoms with E-state index in [-0.39, 0.29) is 16.8 Å². The summed E-state index contributed by atoms with van der Waals surface area (Å²) in [5.41, 5.74) is 4.80. The summed E-state index contributed by atoms with van der Waals surface area (Å²) in [4.78, 5) is 25.6. The van der Waals surface area contributed by atoms with Crippen molar-refractivity contribution < 1.29 is 13.2 Å². The molecule has 2 aromatic heterocycles. The van der Waals surface area contributed by atoms with Gasteiger partial charge in [-0.15, -0.1) is 0 Å². The Bertz CT molecular complexity index is 1500. The molecule has 0 aliphatic carbocycles. The number of sulfone groups is 1. The molecule has 1 amide bonds. The fourth-order valence-electron chi connectivity index (χ4n) is 4.19. The molecule has 178 valence electrons. The average Bonchev–Trinajstić information content (AvgIpc) is 3.39. The predicted octanol–water partition coefficient (Wildman–Crippen LogP) is 3.53. The minimum atomic E-state index is -3.45. The highest BCUT2D eigenvalue weighted by atomic mass is 32.2. The normalized spacial score (nSPS) is 15.7. The molecule has 1 saturated heterocycles. The standard InChI is InChI=1S/C25H24N6O3S/c1-35(33,34)23-8-10-26-15-22(23)30-18-13-19(24-21(14-18)28-11-12-29-24)16-4-6-17(7-5-16)31-25(32)20-3-2-9-27-20/h4-8,10-15,20,27,30H,2-3,9H2,1H3,(H,31,32). The van der Waals surface area contributed by atoms with E-state index in [1.807, 2.05) is 36.4 Å². The van der Waals surface area contributed by atoms with Crippen molar-refractivity contribution in [2.75, 3.05) is 23.4 Å². The summed E-state index contributed by atoms with van der Waals surface area (Å²) in [6, 6.07) is 12.6. The Morgan fingerprint density at radius 3 is 2.57 bits per heavy atom. The molecule has 4 aromatic rings. The summed E-state index contributed by atoms with van der Waals surface area (Å²) < 4.78 is 24.4. The van der Waals surface area contributed by atoms with Crippen molar-refractivity contribution in [3.8, 4) is 11.1 Å². The first kappa shape index (κ1) is 22.9. The number of carbonyl (C=O) groups excluding carboxylic acids is 1. The molecule has 0 radical (unpaired) electrons. The van der Waals surface area contributed by atoms with Gasteiger partial charge in [0.05, 0.1) is 33.9 Å². The molecule has 35 heavy (non-hydrogen) atoms. The minimum Gasteiger partial charge on any atom is -0.353 e. The van der Waals surface area contributed by atoms with Crippen molar-refractivity contribution in [3.05, 3.63) is 67.3 Å². The van der Waals surface area contributed by atoms with E-state index in [2.05, 4.69) is 30.9 Å². The summed E-state index contributed by atoms with van der Waals surface area (Å²) in [6.07, 6.45) is 9.17. The van der Waals surface area contributed by atoms with Gasteiger partial charge in [0.1, 0.15) is 0 Å². The van der Waals surface area contributed by atoms with Gasteiger partial charge >= 0.3 is 0 Å². The van der Waals surface area contributed by atoms with E-state index < -0.39 is 9.84 Å². The van der Waals surface area contributed by atoms with Crippen LogP contribution in [0.5, 0.6) is 0 Å². The second kappa shape index (κ2) is 9.40. The minimum absolute atomic E-state index is 0.0316. The van der Waals surface area contributed by atoms with Crippen LogP contribution in [-0.2, 0) is 14.6 Å². The Morgan fingerprint density at radius 1 is 1.03 bits per heavy atom. The van der Waals surface area contributed by atoms with Crippen molar-refractivity contribution >= 4 is 43.8 Å². The number of pyridine rings is 1. The second-order valence-corrected chi connectivity index (χ2v) is 10.4. The van der Waals surface area contributed by atoms with E-state index in [4.69, 9.17) is 0 Å². The number of amides is 1. The number of hydrogen-bond donors (Lipinski definition) is 3. The summed E-state index contributed by atoms with van der Waals surface area (Å²) >= 11 is 0. The lowest BCUT2D eigenvalue weighted by molar-refractivity contribution is -0.117. The third-order valence-corrected chi connectivity index (χ3v) is 7.03. The number of nitrogens with zero attached hydrogens (tertiary/aromatic N) is 3. The molecule has 0 saturated carbocycles. The van der Waals surface area contributed by atoms with Crippen LogP contribution in [0.25, 0.3) is 22.2 Å². The van der Waals surface area contributed by atoms with Crippen LogP contribution in [0.1, 0.15) is 12.8 Å². The van der Waals surface area contributed by atoms with Crippen molar-refractivity contribution in [2.24, 2.45) is 0 Å². The number of anilines is 3. The smallest absolute Gasteiger partial charge is 0.241 e. The Morgan fingerprint density at radius 2 is 1.83 bits per heavy atom. The molecule has 1 fully saturated rings. The molecule has 1 unspecified atom stereocenters. The highest BCUT2D eigenvalue weighted by molar-refractivity contribution is 7.90. The van der Waals surface area contributed by atoms with Crippen molar-refractivity contribution in [1.29, 1.82) is 0 Å². The van der Waals surface area contributed by atoms with Gasteiger partial charge in [0.25, 0.3) is 0 Å². The van der Waals surface area contributed by atoms with E-state index >= 15 is 0 Å². The molecule has 5 rings (SSSR count). The number of hydrogen-bond acceptors (Lipinski definition) is 8. The molecule has 3 N–H and O–H groups in total. The quantitative estimate of drug-likeness (QED) is 0.376. The van der Waals surface area contributed by atoms with Crippen molar-refractivity contribution in [2.45, 2.75) is 23.8 Å². The highest BCUT2D eigenvalue weighted by Crippen LogP contribution is 2.33. The average molecular weight is 489 g/mol. The van der Waals surface area contributed by atoms with Crippen LogP contribution in [0.15, 0.2) is 72.1 Å². The molecule has 1 aliphatic rings. The van der Waals surface area contributed by atoms with E-state index in [0.29, 0.717) is 28.1 Å². The molecule has 10 heteroatoms. The van der Waals surface area contributed by atoms with Crippen LogP contribution < -0.4 is 16.0 Å². The first-order valence-corrected chi connectivity index (χ1v) is 13.1. The van der Waals surface area contributed by atoms with Crippen LogP contribution in [0.2, 0.25) is 0 Å². The lowest BCUT2D eigenvalue weighted by Gasteiger charge is -2.14. The van der Waals surface area contributed by atoms with Gasteiger partial charge in [-0.2, -0.15) is 0 Å². The molecular weight excluding hydrogens is 464 g/mol. The number of aromatic nitrogens is 3. The van der Waals surface area contributed by atoms with Gasteiger partial charge in [-0.1, -0.05) is 12.1 Å². The summed E-state index contributed by atoms with van der Waals surface area (Å²) in [6.45, 7) is 0.861. The molecule has 0 spiro atoms. The monoisotopic (exact) mass is 488 g/mol. The maximum Gasteiger partial charge on any atom is 0.241 e. The summed E-state index contributed by atoms with van der Waals surface area (Å²) in [7, 11) is -3.45. The van der Waals surface area contributed by atoms with Crippen LogP contribution >= 0.6 is 0 Å². The maximum atomic E-state index is 12.4. The Kier molecular flexibility index (Phi) is 6.14. The zero-order chi connectivity index (χ0) is 24.4. The first-order valence-electron chi connectivity index (χ1n) is 11.2. The van der Waals surface area contributed by atoms with Crippen LogP contribution in [-0.4, -0.2) is 48.1 Å². The predicted molar refractivity (Wildman–Crippen MR) is 135 cm³/mol. The van der Waals surface area contributed by atoms with Crippen LogP contribution in [0, 0.1) is 0 Å². The maximum absolute atomic E-state index is 12.4. The SMILES string of the molecule is CS(=O)(=O)c1ccncc1Nc1cc(-c2ccc(NC(=O)C3CCCN3)cc2)c2nccnc2c1. The molecule has 1 aliphatic heterocycles. The largest absolute Gasteiger partial charge is 0.353 e. The van der Waals surface area contributed by atoms with Crippen molar-refractivity contribution in [3.63, 3.8) is 0 Å². The highest BCUT2D eigenvalue weighted by Gasteiger charge is 2.22. The molecule has 9 nitrogen and oxygen atoms in total. The lowest BCUT2D eigenvalue weighted by atomic mass is 10.0. The number of benzene rings is 2. The second-order valence-electron chi connectivity index (χ2n) is 8.43. The number of carbonyl (C=O) groups is 1. The molecule has 1 atom stereocenters. The Hall–Kier alpha value is -3.89. The number of nitrogens with one attached hydrogen (secondary N) is 3. The first-order chi connectivity index (χ1) is 16.9. The Labute approximate surface area is 203 Å². The van der Waals surface area contributed by atoms with E-state index in [1.54, 1.807) is 12.4 Å². The third-order valence-electron chi connectivity index (χ3n) is 5.87. The van der Waals surface area contributed by atoms with Gasteiger partial charge < -0.3 is 16.0 Å². The zero-order valence-electron chi connectivity index (χ0n) is 19.0. The van der Waals surface area contributed by atoms with Crippen molar-refractivity contribution in [1.82, 2.24) is 20.3 Å². The summed E-state index contributed by atoms with van der Waals surface area (Å²) in [5.74, 6) is -0.0316. The molecular formula is C25H24N6O3S. The lowest BCUT2D eigenvalue weighted by Crippen LogP contribution is -2.35. The van der Waals surface area contributed by atoms with Crippen LogP contribution in [0.3, 0.4) is 0 Å². The van der Waals surface area contributed by atoms with Gasteiger partial charge in [-0.05, 0) is 55.3 Å². The van der Waals surface area contributed by atoms with Gasteiger partial charge in [0.2, 0.25) is 5.91 Å². The van der Waals surface area contributed by atoms with Gasteiger partial charge in [0, 0.05) is 41.8 Å². The topological polar surface area (TPSA) is 126 Å². The Balaban J connectivity index is 1.48. The summed E-state index contributed by atoms with van der Waals surface area (Å²) in [5, 5.41) is 9.33. The fourth-order valence-corrected chi connectivity index (χ4v) is 5.00. The van der Waals surface area contributed by atoms with Gasteiger partial charge in [-0.25, -0.2) is 8.42 Å². The van der Waals surface area contributed by atoms with Gasteiger partial charge in [-0.3, -0.25) is 19.7 Å². The fraction of sp³-hybridized carbons (Fsp3) is 0.200. The zero-order valence-corrected chi connectivity index (χ0v) is 19.8. The van der Waals surface area contributed by atoms with E-state index in [9.17, 15) is 13.2 Å². The molecule has 3 heterocycles. The molecule has 0 bridgehead atoms. The van der Waals surface area contributed by atoms with E-state index in [0.717, 1.165) is 36.8 Å². The molecule has 2 aromatic carbocycles. The van der Waals surface area contributed by atoms with E-state index in [1.165, 1.54) is 18.5 Å².